The number of benzene rings is 1. The second-order valence-corrected chi connectivity index (χ2v) is 4.64. The van der Waals surface area contributed by atoms with E-state index in [-0.39, 0.29) is 11.3 Å². The quantitative estimate of drug-likeness (QED) is 0.879. The number of carbonyl (C=O) groups is 1. The summed E-state index contributed by atoms with van der Waals surface area (Å²) in [6, 6.07) is 4.46. The second kappa shape index (κ2) is 5.27. The number of nitrogens with two attached hydrogens (primary N) is 1. The fraction of sp³-hybridized carbons (Fsp3) is 0.154. The molecule has 1 aromatic carbocycles. The SMILES string of the molecule is COC(=O)c1c(-c2ccc(OC)c(F)c2)csc1N. The Kier molecular flexibility index (Phi) is 3.71. The van der Waals surface area contributed by atoms with Gasteiger partial charge in [-0.2, -0.15) is 0 Å². The Labute approximate surface area is 113 Å². The predicted molar refractivity (Wildman–Crippen MR) is 72.0 cm³/mol. The highest BCUT2D eigenvalue weighted by molar-refractivity contribution is 7.14. The molecule has 0 aliphatic rings. The minimum absolute atomic E-state index is 0.145. The van der Waals surface area contributed by atoms with Crippen molar-refractivity contribution in [2.75, 3.05) is 20.0 Å². The monoisotopic (exact) mass is 281 g/mol. The molecule has 0 saturated carbocycles. The molecule has 0 radical (unpaired) electrons. The van der Waals surface area contributed by atoms with Gasteiger partial charge in [-0.3, -0.25) is 0 Å². The third kappa shape index (κ3) is 2.39. The highest BCUT2D eigenvalue weighted by Gasteiger charge is 2.20. The van der Waals surface area contributed by atoms with Crippen molar-refractivity contribution < 1.29 is 18.7 Å². The number of carbonyl (C=O) groups excluding carboxylic acids is 1. The summed E-state index contributed by atoms with van der Waals surface area (Å²) < 4.78 is 23.2. The van der Waals surface area contributed by atoms with Crippen LogP contribution in [0.25, 0.3) is 11.1 Å². The molecule has 2 rings (SSSR count). The average Bonchev–Trinajstić information content (AvgIpc) is 2.79. The van der Waals surface area contributed by atoms with Crippen molar-refractivity contribution in [2.24, 2.45) is 0 Å². The maximum atomic E-state index is 13.7. The van der Waals surface area contributed by atoms with E-state index in [0.717, 1.165) is 0 Å². The standard InChI is InChI=1S/C13H12FNO3S/c1-17-10-4-3-7(5-9(10)14)8-6-19-12(15)11(8)13(16)18-2/h3-6H,15H2,1-2H3. The van der Waals surface area contributed by atoms with Crippen molar-refractivity contribution in [1.29, 1.82) is 0 Å². The number of hydrogen-bond donors (Lipinski definition) is 1. The normalized spacial score (nSPS) is 10.3. The smallest absolute Gasteiger partial charge is 0.341 e. The second-order valence-electron chi connectivity index (χ2n) is 3.73. The summed E-state index contributed by atoms with van der Waals surface area (Å²) in [4.78, 5) is 11.7. The van der Waals surface area contributed by atoms with Crippen LogP contribution < -0.4 is 10.5 Å². The van der Waals surface area contributed by atoms with Crippen LogP contribution in [0.5, 0.6) is 5.75 Å². The van der Waals surface area contributed by atoms with Crippen molar-refractivity contribution in [2.45, 2.75) is 0 Å². The van der Waals surface area contributed by atoms with Gasteiger partial charge in [0.05, 0.1) is 14.2 Å². The van der Waals surface area contributed by atoms with E-state index in [2.05, 4.69) is 4.74 Å². The van der Waals surface area contributed by atoms with Gasteiger partial charge in [-0.25, -0.2) is 9.18 Å². The lowest BCUT2D eigenvalue weighted by molar-refractivity contribution is 0.0603. The molecule has 4 nitrogen and oxygen atoms in total. The molecule has 6 heteroatoms. The highest BCUT2D eigenvalue weighted by atomic mass is 32.1. The summed E-state index contributed by atoms with van der Waals surface area (Å²) in [5.74, 6) is -0.892. The van der Waals surface area contributed by atoms with Gasteiger partial charge in [-0.1, -0.05) is 6.07 Å². The largest absolute Gasteiger partial charge is 0.494 e. The summed E-state index contributed by atoms with van der Waals surface area (Å²) in [5, 5.41) is 2.04. The zero-order valence-electron chi connectivity index (χ0n) is 10.4. The van der Waals surface area contributed by atoms with Crippen molar-refractivity contribution in [3.8, 4) is 16.9 Å². The van der Waals surface area contributed by atoms with Gasteiger partial charge in [-0.05, 0) is 17.7 Å². The number of methoxy groups -OCH3 is 2. The molecule has 0 aliphatic heterocycles. The lowest BCUT2D eigenvalue weighted by Gasteiger charge is -2.06. The fourth-order valence-electron chi connectivity index (χ4n) is 1.73. The van der Waals surface area contributed by atoms with E-state index in [1.807, 2.05) is 0 Å². The number of ether oxygens (including phenoxy) is 2. The highest BCUT2D eigenvalue weighted by Crippen LogP contribution is 2.35. The zero-order chi connectivity index (χ0) is 14.0. The molecule has 0 amide bonds. The predicted octanol–water partition coefficient (Wildman–Crippen LogP) is 2.93. The fourth-order valence-corrected chi connectivity index (χ4v) is 2.54. The molecule has 0 unspecified atom stereocenters. The number of esters is 1. The van der Waals surface area contributed by atoms with Crippen LogP contribution in [0.2, 0.25) is 0 Å². The number of rotatable bonds is 3. The molecule has 0 bridgehead atoms. The Balaban J connectivity index is 2.53. The van der Waals surface area contributed by atoms with E-state index < -0.39 is 11.8 Å². The molecule has 19 heavy (non-hydrogen) atoms. The van der Waals surface area contributed by atoms with Crippen LogP contribution >= 0.6 is 11.3 Å². The Morgan fingerprint density at radius 3 is 2.68 bits per heavy atom. The number of nitrogen functional groups attached to an aromatic ring is 1. The Hall–Kier alpha value is -2.08. The number of anilines is 1. The lowest BCUT2D eigenvalue weighted by Crippen LogP contribution is -2.04. The summed E-state index contributed by atoms with van der Waals surface area (Å²) in [5.41, 5.74) is 7.11. The van der Waals surface area contributed by atoms with Crippen LogP contribution in [0.4, 0.5) is 9.39 Å². The van der Waals surface area contributed by atoms with Crippen LogP contribution in [0.1, 0.15) is 10.4 Å². The summed E-state index contributed by atoms with van der Waals surface area (Å²) >= 11 is 1.21. The van der Waals surface area contributed by atoms with Crippen molar-refractivity contribution in [3.63, 3.8) is 0 Å². The molecule has 2 N–H and O–H groups in total. The lowest BCUT2D eigenvalue weighted by atomic mass is 10.0. The molecule has 0 aliphatic carbocycles. The molecule has 0 atom stereocenters. The van der Waals surface area contributed by atoms with Gasteiger partial charge in [0.1, 0.15) is 10.6 Å². The van der Waals surface area contributed by atoms with Crippen LogP contribution in [-0.2, 0) is 4.74 Å². The summed E-state index contributed by atoms with van der Waals surface area (Å²) in [6.07, 6.45) is 0. The van der Waals surface area contributed by atoms with Gasteiger partial charge in [0.2, 0.25) is 0 Å². The van der Waals surface area contributed by atoms with E-state index >= 15 is 0 Å². The third-order valence-electron chi connectivity index (χ3n) is 2.67. The third-order valence-corrected chi connectivity index (χ3v) is 3.48. The molecular formula is C13H12FNO3S. The first-order chi connectivity index (χ1) is 9.08. The molecule has 100 valence electrons. The van der Waals surface area contributed by atoms with E-state index in [0.29, 0.717) is 16.1 Å². The molecule has 2 aromatic rings. The maximum Gasteiger partial charge on any atom is 0.341 e. The summed E-state index contributed by atoms with van der Waals surface area (Å²) in [6.45, 7) is 0. The van der Waals surface area contributed by atoms with Gasteiger partial charge in [-0.15, -0.1) is 11.3 Å². The first-order valence-corrected chi connectivity index (χ1v) is 6.25. The Bertz CT molecular complexity index is 624. The van der Waals surface area contributed by atoms with Gasteiger partial charge >= 0.3 is 5.97 Å². The van der Waals surface area contributed by atoms with E-state index in [1.165, 1.54) is 37.7 Å². The maximum absolute atomic E-state index is 13.7. The molecular weight excluding hydrogens is 269 g/mol. The van der Waals surface area contributed by atoms with Gasteiger partial charge < -0.3 is 15.2 Å². The van der Waals surface area contributed by atoms with Gasteiger partial charge in [0.15, 0.2) is 11.6 Å². The van der Waals surface area contributed by atoms with Crippen LogP contribution in [0.3, 0.4) is 0 Å². The summed E-state index contributed by atoms with van der Waals surface area (Å²) in [7, 11) is 2.67. The van der Waals surface area contributed by atoms with Crippen molar-refractivity contribution >= 4 is 22.3 Å². The molecule has 0 fully saturated rings. The van der Waals surface area contributed by atoms with E-state index in [9.17, 15) is 9.18 Å². The topological polar surface area (TPSA) is 61.5 Å². The minimum Gasteiger partial charge on any atom is -0.494 e. The van der Waals surface area contributed by atoms with E-state index in [1.54, 1.807) is 11.4 Å². The van der Waals surface area contributed by atoms with Crippen molar-refractivity contribution in [3.05, 3.63) is 35.0 Å². The first kappa shape index (κ1) is 13.4. The minimum atomic E-state index is -0.537. The number of halogens is 1. The molecule has 1 aromatic heterocycles. The van der Waals surface area contributed by atoms with E-state index in [4.69, 9.17) is 10.5 Å². The first-order valence-electron chi connectivity index (χ1n) is 5.37. The van der Waals surface area contributed by atoms with Gasteiger partial charge in [0.25, 0.3) is 0 Å². The van der Waals surface area contributed by atoms with Crippen LogP contribution in [0, 0.1) is 5.82 Å². The molecule has 0 spiro atoms. The van der Waals surface area contributed by atoms with Gasteiger partial charge in [0, 0.05) is 10.9 Å². The Morgan fingerprint density at radius 1 is 1.37 bits per heavy atom. The van der Waals surface area contributed by atoms with Crippen LogP contribution in [0.15, 0.2) is 23.6 Å². The number of hydrogen-bond acceptors (Lipinski definition) is 5. The average molecular weight is 281 g/mol. The van der Waals surface area contributed by atoms with Crippen molar-refractivity contribution in [1.82, 2.24) is 0 Å². The number of thiophene rings is 1. The molecule has 0 saturated heterocycles. The zero-order valence-corrected chi connectivity index (χ0v) is 11.2. The Morgan fingerprint density at radius 2 is 2.11 bits per heavy atom. The van der Waals surface area contributed by atoms with Crippen LogP contribution in [-0.4, -0.2) is 20.2 Å². The molecule has 1 heterocycles.